The molecule has 0 saturated carbocycles. The van der Waals surface area contributed by atoms with Gasteiger partial charge in [-0.15, -0.1) is 0 Å². The molecule has 2 aromatic heterocycles. The average molecular weight is 636 g/mol. The first kappa shape index (κ1) is 30.3. The highest BCUT2D eigenvalue weighted by Gasteiger charge is 2.29. The molecular weight excluding hydrogens is 602 g/mol. The van der Waals surface area contributed by atoms with Crippen LogP contribution in [0.15, 0.2) is 70.6 Å². The molecule has 0 unspecified atom stereocenters. The van der Waals surface area contributed by atoms with Crippen molar-refractivity contribution in [1.29, 1.82) is 0 Å². The van der Waals surface area contributed by atoms with Gasteiger partial charge in [-0.05, 0) is 63.0 Å². The summed E-state index contributed by atoms with van der Waals surface area (Å²) in [6, 6.07) is 15.9. The lowest BCUT2D eigenvalue weighted by molar-refractivity contribution is 0.184. The molecule has 1 saturated heterocycles. The quantitative estimate of drug-likeness (QED) is 0.248. The number of para-hydroxylation sites is 1. The van der Waals surface area contributed by atoms with E-state index in [1.807, 2.05) is 43.3 Å². The van der Waals surface area contributed by atoms with E-state index < -0.39 is 10.0 Å². The van der Waals surface area contributed by atoms with Crippen molar-refractivity contribution >= 4 is 48.3 Å². The second-order valence-electron chi connectivity index (χ2n) is 11.4. The molecule has 230 valence electrons. The molecule has 10 nitrogen and oxygen atoms in total. The summed E-state index contributed by atoms with van der Waals surface area (Å²) in [6.07, 6.45) is 1.54. The number of anilines is 1. The number of aromatic nitrogens is 3. The number of rotatable bonds is 9. The van der Waals surface area contributed by atoms with Gasteiger partial charge >= 0.3 is 4.87 Å². The third kappa shape index (κ3) is 6.24. The van der Waals surface area contributed by atoms with Gasteiger partial charge in [0.1, 0.15) is 18.0 Å². The highest BCUT2D eigenvalue weighted by Crippen LogP contribution is 2.31. The lowest BCUT2D eigenvalue weighted by Gasteiger charge is -2.35. The zero-order chi connectivity index (χ0) is 31.0. The molecular formula is C31H34FN7O3S2. The number of nitrogens with one attached hydrogen (secondary N) is 2. The molecule has 0 radical (unpaired) electrons. The van der Waals surface area contributed by atoms with Gasteiger partial charge in [0, 0.05) is 61.8 Å². The van der Waals surface area contributed by atoms with Crippen molar-refractivity contribution < 1.29 is 12.8 Å². The summed E-state index contributed by atoms with van der Waals surface area (Å²) in [5.41, 5.74) is 3.84. The van der Waals surface area contributed by atoms with E-state index in [9.17, 15) is 17.6 Å². The van der Waals surface area contributed by atoms with Gasteiger partial charge in [-0.25, -0.2) is 22.8 Å². The molecule has 1 aliphatic heterocycles. The smallest absolute Gasteiger partial charge is 0.305 e. The molecule has 3 aromatic carbocycles. The van der Waals surface area contributed by atoms with Gasteiger partial charge in [0.25, 0.3) is 0 Å². The maximum atomic E-state index is 14.5. The fourth-order valence-corrected chi connectivity index (χ4v) is 7.99. The predicted octanol–water partition coefficient (Wildman–Crippen LogP) is 4.21. The lowest BCUT2D eigenvalue weighted by atomic mass is 9.99. The molecule has 2 N–H and O–H groups in total. The molecule has 1 fully saturated rings. The molecule has 0 bridgehead atoms. The summed E-state index contributed by atoms with van der Waals surface area (Å²) in [4.78, 5) is 27.6. The van der Waals surface area contributed by atoms with E-state index in [4.69, 9.17) is 0 Å². The van der Waals surface area contributed by atoms with E-state index in [0.29, 0.717) is 60.9 Å². The number of hydrogen-bond acceptors (Lipinski definition) is 9. The van der Waals surface area contributed by atoms with Gasteiger partial charge in [0.15, 0.2) is 0 Å². The van der Waals surface area contributed by atoms with E-state index in [1.165, 1.54) is 16.7 Å². The number of hydrogen-bond donors (Lipinski definition) is 2. The zero-order valence-electron chi connectivity index (χ0n) is 24.7. The molecule has 44 heavy (non-hydrogen) atoms. The third-order valence-corrected chi connectivity index (χ3v) is 10.5. The monoisotopic (exact) mass is 635 g/mol. The highest BCUT2D eigenvalue weighted by molar-refractivity contribution is 7.89. The van der Waals surface area contributed by atoms with Crippen molar-refractivity contribution in [3.63, 3.8) is 0 Å². The van der Waals surface area contributed by atoms with Crippen LogP contribution < -0.4 is 10.2 Å². The number of fused-ring (bicyclic) bond motifs is 2. The van der Waals surface area contributed by atoms with Gasteiger partial charge in [-0.3, -0.25) is 9.69 Å². The van der Waals surface area contributed by atoms with Gasteiger partial charge in [-0.2, -0.15) is 4.31 Å². The number of nitrogens with zero attached hydrogens (tertiary/aromatic N) is 5. The molecule has 1 aliphatic rings. The largest absolute Gasteiger partial charge is 0.366 e. The molecule has 3 heterocycles. The maximum Gasteiger partial charge on any atom is 0.305 e. The molecule has 0 amide bonds. The van der Waals surface area contributed by atoms with Gasteiger partial charge in [-0.1, -0.05) is 29.5 Å². The van der Waals surface area contributed by atoms with E-state index in [-0.39, 0.29) is 21.6 Å². The average Bonchev–Trinajstić information content (AvgIpc) is 3.37. The Bertz CT molecular complexity index is 1990. The van der Waals surface area contributed by atoms with Crippen LogP contribution in [0.1, 0.15) is 12.5 Å². The van der Waals surface area contributed by atoms with Crippen LogP contribution in [-0.2, 0) is 16.6 Å². The van der Waals surface area contributed by atoms with Crippen LogP contribution in [-0.4, -0.2) is 90.3 Å². The number of aromatic amines is 1. The maximum absolute atomic E-state index is 14.5. The summed E-state index contributed by atoms with van der Waals surface area (Å²) in [6.45, 7) is 5.23. The van der Waals surface area contributed by atoms with Crippen molar-refractivity contribution in [1.82, 2.24) is 29.1 Å². The summed E-state index contributed by atoms with van der Waals surface area (Å²) < 4.78 is 43.2. The second-order valence-corrected chi connectivity index (χ2v) is 14.3. The predicted molar refractivity (Wildman–Crippen MR) is 173 cm³/mol. The van der Waals surface area contributed by atoms with E-state index >= 15 is 0 Å². The van der Waals surface area contributed by atoms with Gasteiger partial charge in [0.05, 0.1) is 20.6 Å². The zero-order valence-corrected chi connectivity index (χ0v) is 26.4. The Balaban J connectivity index is 1.12. The Morgan fingerprint density at radius 1 is 1.07 bits per heavy atom. The topological polar surface area (TPSA) is 115 Å². The summed E-state index contributed by atoms with van der Waals surface area (Å²) in [7, 11) is 0.159. The number of H-pyrrole nitrogens is 1. The van der Waals surface area contributed by atoms with Crippen molar-refractivity contribution in [2.75, 3.05) is 52.1 Å². The lowest BCUT2D eigenvalue weighted by Crippen LogP contribution is -2.50. The van der Waals surface area contributed by atoms with Gasteiger partial charge < -0.3 is 15.2 Å². The van der Waals surface area contributed by atoms with E-state index in [2.05, 4.69) is 32.1 Å². The van der Waals surface area contributed by atoms with Crippen LogP contribution in [0.2, 0.25) is 0 Å². The first-order chi connectivity index (χ1) is 21.1. The molecule has 0 aliphatic carbocycles. The normalized spacial score (nSPS) is 15.8. The second kappa shape index (κ2) is 12.3. The standard InChI is InChI=1S/C31H34FN7O3S2/c1-20(17-38-11-13-39(14-12-38)44(41,42)23-8-10-27-28(16-23)43-31(40)36-27)35-30-25-6-4-5-24(29(25)33-19-34-30)21-7-9-26(32)22(15-21)18-37(2)3/h4-10,15-16,19-20H,11-14,17-18H2,1-3H3,(H,36,40)(H,33,34,35)/t20-/m0/s1. The van der Waals surface area contributed by atoms with Crippen molar-refractivity contribution in [2.24, 2.45) is 0 Å². The minimum atomic E-state index is -3.67. The minimum Gasteiger partial charge on any atom is -0.366 e. The summed E-state index contributed by atoms with van der Waals surface area (Å²) >= 11 is 1.01. The van der Waals surface area contributed by atoms with Crippen LogP contribution in [0.25, 0.3) is 32.2 Å². The van der Waals surface area contributed by atoms with Crippen LogP contribution in [0.3, 0.4) is 0 Å². The Morgan fingerprint density at radius 3 is 2.64 bits per heavy atom. The molecule has 5 aromatic rings. The number of sulfonamides is 1. The molecule has 0 spiro atoms. The number of thiazole rings is 1. The van der Waals surface area contributed by atoms with Crippen molar-refractivity contribution in [3.8, 4) is 11.1 Å². The highest BCUT2D eigenvalue weighted by atomic mass is 32.2. The van der Waals surface area contributed by atoms with E-state index in [1.54, 1.807) is 24.3 Å². The first-order valence-corrected chi connectivity index (χ1v) is 16.6. The van der Waals surface area contributed by atoms with Crippen molar-refractivity contribution in [3.05, 3.63) is 82.0 Å². The Labute approximate surface area is 259 Å². The minimum absolute atomic E-state index is 0.0243. The number of halogens is 1. The molecule has 13 heteroatoms. The number of benzene rings is 3. The summed E-state index contributed by atoms with van der Waals surface area (Å²) in [5, 5.41) is 4.40. The van der Waals surface area contributed by atoms with Crippen LogP contribution in [0.5, 0.6) is 0 Å². The Hall–Kier alpha value is -3.75. The fraction of sp³-hybridized carbons (Fsp3) is 0.323. The van der Waals surface area contributed by atoms with Crippen LogP contribution in [0.4, 0.5) is 10.2 Å². The van der Waals surface area contributed by atoms with Crippen LogP contribution in [0, 0.1) is 5.82 Å². The molecule has 6 rings (SSSR count). The van der Waals surface area contributed by atoms with Crippen LogP contribution >= 0.6 is 11.3 Å². The van der Waals surface area contributed by atoms with Gasteiger partial charge in [0.2, 0.25) is 10.0 Å². The third-order valence-electron chi connectivity index (χ3n) is 7.78. The fourth-order valence-electron chi connectivity index (χ4n) is 5.69. The summed E-state index contributed by atoms with van der Waals surface area (Å²) in [5.74, 6) is 0.480. The van der Waals surface area contributed by atoms with Crippen molar-refractivity contribution in [2.45, 2.75) is 24.4 Å². The van der Waals surface area contributed by atoms with E-state index in [0.717, 1.165) is 33.4 Å². The Kier molecular flexibility index (Phi) is 8.49. The molecule has 1 atom stereocenters. The number of piperazine rings is 1. The first-order valence-electron chi connectivity index (χ1n) is 14.4. The Morgan fingerprint density at radius 2 is 1.86 bits per heavy atom. The SMILES string of the molecule is C[C@@H](CN1CCN(S(=O)(=O)c2ccc3[nH]c(=O)sc3c2)CC1)Nc1ncnc2c(-c3ccc(F)c(CN(C)C)c3)cccc12.